The molecule has 2 N–H and O–H groups in total. The maximum atomic E-state index is 13.1. The molecule has 3 nitrogen and oxygen atoms in total. The average molecular weight is 291 g/mol. The highest BCUT2D eigenvalue weighted by molar-refractivity contribution is 7.14. The number of nitrogens with two attached hydrogens (primary N) is 1. The Morgan fingerprint density at radius 2 is 1.95 bits per heavy atom. The molecule has 0 saturated heterocycles. The molecule has 0 atom stereocenters. The van der Waals surface area contributed by atoms with Gasteiger partial charge in [-0.15, -0.1) is 10.2 Å². The lowest BCUT2D eigenvalue weighted by molar-refractivity contribution is -0.139. The Bertz CT molecular complexity index is 580. The SMILES string of the molecule is NCCc1nnc(-c2ccc(F)c(C(F)(F)F)c2)s1. The molecule has 1 aromatic carbocycles. The van der Waals surface area contributed by atoms with Gasteiger partial charge in [-0.2, -0.15) is 13.2 Å². The van der Waals surface area contributed by atoms with Crippen molar-refractivity contribution < 1.29 is 17.6 Å². The van der Waals surface area contributed by atoms with Crippen LogP contribution in [0.4, 0.5) is 17.6 Å². The lowest BCUT2D eigenvalue weighted by atomic mass is 10.1. The van der Waals surface area contributed by atoms with Gasteiger partial charge in [0.05, 0.1) is 5.56 Å². The second kappa shape index (κ2) is 5.22. The first-order valence-corrected chi connectivity index (χ1v) is 6.13. The first-order valence-electron chi connectivity index (χ1n) is 5.31. The summed E-state index contributed by atoms with van der Waals surface area (Å²) in [5.41, 5.74) is 4.23. The van der Waals surface area contributed by atoms with Crippen LogP contribution in [0.1, 0.15) is 10.6 Å². The Hall–Kier alpha value is -1.54. The fourth-order valence-electron chi connectivity index (χ4n) is 1.47. The van der Waals surface area contributed by atoms with E-state index in [4.69, 9.17) is 5.73 Å². The summed E-state index contributed by atoms with van der Waals surface area (Å²) in [6.45, 7) is 0.381. The molecular formula is C11H9F4N3S. The van der Waals surface area contributed by atoms with Gasteiger partial charge < -0.3 is 5.73 Å². The van der Waals surface area contributed by atoms with E-state index < -0.39 is 17.6 Å². The minimum atomic E-state index is -4.73. The van der Waals surface area contributed by atoms with E-state index in [0.717, 1.165) is 23.5 Å². The molecule has 8 heteroatoms. The highest BCUT2D eigenvalue weighted by Crippen LogP contribution is 2.34. The molecule has 0 aliphatic carbocycles. The van der Waals surface area contributed by atoms with E-state index in [1.807, 2.05) is 0 Å². The van der Waals surface area contributed by atoms with Crippen LogP contribution in [0.25, 0.3) is 10.6 Å². The predicted octanol–water partition coefficient (Wildman–Crippen LogP) is 2.86. The van der Waals surface area contributed by atoms with Gasteiger partial charge in [0.15, 0.2) is 0 Å². The molecule has 0 fully saturated rings. The number of hydrogen-bond acceptors (Lipinski definition) is 4. The summed E-state index contributed by atoms with van der Waals surface area (Å²) in [6, 6.07) is 2.77. The van der Waals surface area contributed by atoms with Crippen molar-refractivity contribution in [3.63, 3.8) is 0 Å². The van der Waals surface area contributed by atoms with Crippen molar-refractivity contribution in [2.24, 2.45) is 5.73 Å². The van der Waals surface area contributed by atoms with E-state index in [9.17, 15) is 17.6 Å². The van der Waals surface area contributed by atoms with Crippen LogP contribution in [0.2, 0.25) is 0 Å². The molecular weight excluding hydrogens is 282 g/mol. The second-order valence-corrected chi connectivity index (χ2v) is 4.79. The molecule has 19 heavy (non-hydrogen) atoms. The molecule has 2 rings (SSSR count). The number of benzene rings is 1. The Balaban J connectivity index is 2.39. The van der Waals surface area contributed by atoms with Gasteiger partial charge in [0, 0.05) is 12.0 Å². The Morgan fingerprint density at radius 3 is 2.58 bits per heavy atom. The van der Waals surface area contributed by atoms with Crippen LogP contribution in [0.3, 0.4) is 0 Å². The van der Waals surface area contributed by atoms with Gasteiger partial charge in [-0.3, -0.25) is 0 Å². The minimum Gasteiger partial charge on any atom is -0.330 e. The zero-order valence-electron chi connectivity index (χ0n) is 9.54. The summed E-state index contributed by atoms with van der Waals surface area (Å²) in [5.74, 6) is -1.30. The molecule has 0 aliphatic heterocycles. The van der Waals surface area contributed by atoms with E-state index >= 15 is 0 Å². The Kier molecular flexibility index (Phi) is 3.81. The van der Waals surface area contributed by atoms with Crippen LogP contribution in [0.15, 0.2) is 18.2 Å². The first kappa shape index (κ1) is 13.9. The van der Waals surface area contributed by atoms with E-state index in [1.54, 1.807) is 0 Å². The highest BCUT2D eigenvalue weighted by Gasteiger charge is 2.34. The van der Waals surface area contributed by atoms with E-state index in [-0.39, 0.29) is 5.56 Å². The quantitative estimate of drug-likeness (QED) is 0.885. The molecule has 0 amide bonds. The van der Waals surface area contributed by atoms with Crippen molar-refractivity contribution in [2.75, 3.05) is 6.54 Å². The van der Waals surface area contributed by atoms with E-state index in [0.29, 0.717) is 23.0 Å². The molecule has 1 heterocycles. The third-order valence-corrected chi connectivity index (χ3v) is 3.38. The van der Waals surface area contributed by atoms with Gasteiger partial charge in [-0.1, -0.05) is 11.3 Å². The fourth-order valence-corrected chi connectivity index (χ4v) is 2.32. The number of hydrogen-bond donors (Lipinski definition) is 1. The molecule has 0 radical (unpaired) electrons. The largest absolute Gasteiger partial charge is 0.419 e. The van der Waals surface area contributed by atoms with Crippen molar-refractivity contribution >= 4 is 11.3 Å². The zero-order valence-corrected chi connectivity index (χ0v) is 10.4. The van der Waals surface area contributed by atoms with Crippen LogP contribution in [0.5, 0.6) is 0 Å². The van der Waals surface area contributed by atoms with Gasteiger partial charge in [-0.25, -0.2) is 4.39 Å². The van der Waals surface area contributed by atoms with Crippen molar-refractivity contribution in [2.45, 2.75) is 12.6 Å². The first-order chi connectivity index (χ1) is 8.91. The smallest absolute Gasteiger partial charge is 0.330 e. The summed E-state index contributed by atoms with van der Waals surface area (Å²) in [5, 5.41) is 8.54. The molecule has 0 bridgehead atoms. The third kappa shape index (κ3) is 3.07. The maximum Gasteiger partial charge on any atom is 0.419 e. The maximum absolute atomic E-state index is 13.1. The normalized spacial score (nSPS) is 11.8. The molecule has 1 aromatic heterocycles. The van der Waals surface area contributed by atoms with Crippen molar-refractivity contribution in [1.29, 1.82) is 0 Å². The number of halogens is 4. The van der Waals surface area contributed by atoms with Gasteiger partial charge in [0.2, 0.25) is 0 Å². The summed E-state index contributed by atoms with van der Waals surface area (Å²) >= 11 is 1.14. The molecule has 0 unspecified atom stereocenters. The second-order valence-electron chi connectivity index (χ2n) is 3.73. The summed E-state index contributed by atoms with van der Waals surface area (Å²) in [6.07, 6.45) is -4.23. The Labute approximate surface area is 110 Å². The van der Waals surface area contributed by atoms with Crippen molar-refractivity contribution in [1.82, 2.24) is 10.2 Å². The molecule has 2 aromatic rings. The van der Waals surface area contributed by atoms with E-state index in [2.05, 4.69) is 10.2 Å². The predicted molar refractivity (Wildman–Crippen MR) is 63.1 cm³/mol. The monoisotopic (exact) mass is 291 g/mol. The summed E-state index contributed by atoms with van der Waals surface area (Å²) in [4.78, 5) is 0. The van der Waals surface area contributed by atoms with Crippen molar-refractivity contribution in [3.8, 4) is 10.6 Å². The van der Waals surface area contributed by atoms with Gasteiger partial charge in [-0.05, 0) is 24.7 Å². The zero-order chi connectivity index (χ0) is 14.0. The van der Waals surface area contributed by atoms with Gasteiger partial charge in [0.25, 0.3) is 0 Å². The number of nitrogens with zero attached hydrogens (tertiary/aromatic N) is 2. The summed E-state index contributed by atoms with van der Waals surface area (Å²) in [7, 11) is 0. The molecule has 0 saturated carbocycles. The van der Waals surface area contributed by atoms with Crippen LogP contribution in [-0.2, 0) is 12.6 Å². The van der Waals surface area contributed by atoms with Crippen molar-refractivity contribution in [3.05, 3.63) is 34.6 Å². The molecule has 0 spiro atoms. The fraction of sp³-hybridized carbons (Fsp3) is 0.273. The van der Waals surface area contributed by atoms with Gasteiger partial charge >= 0.3 is 6.18 Å². The van der Waals surface area contributed by atoms with Gasteiger partial charge in [0.1, 0.15) is 15.8 Å². The lowest BCUT2D eigenvalue weighted by Gasteiger charge is -2.08. The molecule has 0 aliphatic rings. The average Bonchev–Trinajstić information content (AvgIpc) is 2.77. The van der Waals surface area contributed by atoms with Crippen LogP contribution in [0, 0.1) is 5.82 Å². The summed E-state index contributed by atoms with van der Waals surface area (Å²) < 4.78 is 50.9. The van der Waals surface area contributed by atoms with Crippen LogP contribution in [-0.4, -0.2) is 16.7 Å². The minimum absolute atomic E-state index is 0.189. The number of aromatic nitrogens is 2. The third-order valence-electron chi connectivity index (χ3n) is 2.34. The molecule has 102 valence electrons. The van der Waals surface area contributed by atoms with Crippen LogP contribution < -0.4 is 5.73 Å². The topological polar surface area (TPSA) is 51.8 Å². The van der Waals surface area contributed by atoms with Crippen LogP contribution >= 0.6 is 11.3 Å². The van der Waals surface area contributed by atoms with E-state index in [1.165, 1.54) is 6.07 Å². The number of alkyl halides is 3. The highest BCUT2D eigenvalue weighted by atomic mass is 32.1. The number of rotatable bonds is 3. The lowest BCUT2D eigenvalue weighted by Crippen LogP contribution is -2.08. The Morgan fingerprint density at radius 1 is 1.21 bits per heavy atom. The standard InChI is InChI=1S/C11H9F4N3S/c12-8-2-1-6(5-7(8)11(13,14)15)10-18-17-9(19-10)3-4-16/h1-2,5H,3-4,16H2.